The van der Waals surface area contributed by atoms with Crippen molar-refractivity contribution in [2.45, 2.75) is 63.8 Å². The van der Waals surface area contributed by atoms with Gasteiger partial charge in [0.05, 0.1) is 21.6 Å². The molecule has 0 saturated carbocycles. The number of carbonyl (C=O) groups excluding carboxylic acids is 1. The van der Waals surface area contributed by atoms with Crippen LogP contribution in [0.15, 0.2) is 10.5 Å². The monoisotopic (exact) mass is 569 g/mol. The summed E-state index contributed by atoms with van der Waals surface area (Å²) in [5.74, 6) is 0.0214. The zero-order valence-corrected chi connectivity index (χ0v) is 22.7. The van der Waals surface area contributed by atoms with Gasteiger partial charge in [-0.1, -0.05) is 11.6 Å². The van der Waals surface area contributed by atoms with Gasteiger partial charge in [-0.15, -0.1) is 0 Å². The van der Waals surface area contributed by atoms with Gasteiger partial charge in [0.2, 0.25) is 0 Å². The molecule has 1 aromatic carbocycles. The maximum atomic E-state index is 15.2. The maximum absolute atomic E-state index is 15.2. The highest BCUT2D eigenvalue weighted by Crippen LogP contribution is 2.40. The van der Waals surface area contributed by atoms with Crippen LogP contribution >= 0.6 is 27.5 Å². The lowest BCUT2D eigenvalue weighted by Gasteiger charge is -2.56. The molecule has 4 saturated heterocycles. The minimum Gasteiger partial charge on any atom is -0.462 e. The van der Waals surface area contributed by atoms with Crippen molar-refractivity contribution in [1.29, 1.82) is 0 Å². The molecule has 0 N–H and O–H groups in total. The zero-order valence-electron chi connectivity index (χ0n) is 20.4. The van der Waals surface area contributed by atoms with Crippen LogP contribution in [0.2, 0.25) is 5.02 Å². The Hall–Kier alpha value is -1.91. The quantitative estimate of drug-likeness (QED) is 0.487. The number of benzene rings is 1. The molecule has 5 heterocycles. The Morgan fingerprint density at radius 3 is 2.63 bits per heavy atom. The van der Waals surface area contributed by atoms with Gasteiger partial charge in [-0.05, 0) is 75.6 Å². The molecule has 4 aliphatic heterocycles. The summed E-state index contributed by atoms with van der Waals surface area (Å²) in [7, 11) is 2.07. The second-order valence-electron chi connectivity index (χ2n) is 10.6. The fourth-order valence-corrected chi connectivity index (χ4v) is 5.69. The molecule has 1 aromatic heterocycles. The van der Waals surface area contributed by atoms with Crippen LogP contribution < -0.4 is 9.64 Å². The summed E-state index contributed by atoms with van der Waals surface area (Å²) in [6, 6.07) is 2.11. The molecule has 6 rings (SSSR count). The second-order valence-corrected chi connectivity index (χ2v) is 11.8. The molecular formula is C24H30BrClFN5O3. The van der Waals surface area contributed by atoms with E-state index >= 15 is 4.39 Å². The van der Waals surface area contributed by atoms with E-state index in [2.05, 4.69) is 37.8 Å². The number of carbonyl (C=O) groups is 1. The summed E-state index contributed by atoms with van der Waals surface area (Å²) in [6.45, 7) is 8.17. The molecule has 0 aliphatic carbocycles. The lowest BCUT2D eigenvalue weighted by atomic mass is 9.88. The topological polar surface area (TPSA) is 71.0 Å². The van der Waals surface area contributed by atoms with Crippen molar-refractivity contribution in [1.82, 2.24) is 19.8 Å². The molecule has 2 aromatic rings. The third-order valence-corrected chi connectivity index (χ3v) is 8.26. The number of piperazine rings is 1. The van der Waals surface area contributed by atoms with E-state index in [-0.39, 0.29) is 45.2 Å². The van der Waals surface area contributed by atoms with E-state index in [1.165, 1.54) is 0 Å². The van der Waals surface area contributed by atoms with Crippen LogP contribution in [0.25, 0.3) is 10.9 Å². The van der Waals surface area contributed by atoms with Crippen molar-refractivity contribution >= 4 is 50.3 Å². The number of hydrogen-bond acceptors (Lipinski definition) is 7. The van der Waals surface area contributed by atoms with Crippen molar-refractivity contribution in [3.63, 3.8) is 0 Å². The highest BCUT2D eigenvalue weighted by Gasteiger charge is 2.49. The Labute approximate surface area is 217 Å². The van der Waals surface area contributed by atoms with Crippen molar-refractivity contribution < 1.29 is 18.7 Å². The third kappa shape index (κ3) is 4.76. The van der Waals surface area contributed by atoms with Gasteiger partial charge in [-0.25, -0.2) is 9.18 Å². The largest absolute Gasteiger partial charge is 0.462 e. The normalized spacial score (nSPS) is 24.6. The average Bonchev–Trinajstić information content (AvgIpc) is 3.19. The Morgan fingerprint density at radius 1 is 1.29 bits per heavy atom. The van der Waals surface area contributed by atoms with Crippen molar-refractivity contribution in [2.75, 3.05) is 38.2 Å². The minimum atomic E-state index is -0.551. The fraction of sp³-hybridized carbons (Fsp3) is 0.625. The van der Waals surface area contributed by atoms with E-state index < -0.39 is 11.4 Å². The first-order valence-corrected chi connectivity index (χ1v) is 13.1. The van der Waals surface area contributed by atoms with Gasteiger partial charge in [0.25, 0.3) is 0 Å². The van der Waals surface area contributed by atoms with Crippen LogP contribution in [-0.2, 0) is 4.74 Å². The standard InChI is InChI=1S/C24H30BrClFN5O3/c1-24(2,3)35-23(33)32-14-8-15(32)11-31(10-14)21-16-9-17(26)18(25)19(27)20(16)28-22(29-21)34-12-13-6-5-7-30(13)4/h9,13-15H,5-8,10-12H2,1-4H3/t13-,14?,15?/m0/s1. The number of aromatic nitrogens is 2. The van der Waals surface area contributed by atoms with Crippen molar-refractivity contribution in [2.24, 2.45) is 0 Å². The Kier molecular flexibility index (Phi) is 6.51. The third-order valence-electron chi connectivity index (χ3n) is 6.96. The maximum Gasteiger partial charge on any atom is 0.410 e. The molecule has 35 heavy (non-hydrogen) atoms. The van der Waals surface area contributed by atoms with Crippen LogP contribution in [0.4, 0.5) is 15.0 Å². The van der Waals surface area contributed by atoms with E-state index in [0.29, 0.717) is 30.9 Å². The Balaban J connectivity index is 1.43. The molecular weight excluding hydrogens is 541 g/mol. The van der Waals surface area contributed by atoms with Gasteiger partial charge in [-0.2, -0.15) is 9.97 Å². The van der Waals surface area contributed by atoms with Crippen molar-refractivity contribution in [3.8, 4) is 6.01 Å². The first kappa shape index (κ1) is 24.8. The van der Waals surface area contributed by atoms with Gasteiger partial charge >= 0.3 is 12.1 Å². The number of nitrogens with zero attached hydrogens (tertiary/aromatic N) is 5. The lowest BCUT2D eigenvalue weighted by Crippen LogP contribution is -2.70. The second kappa shape index (κ2) is 9.19. The number of anilines is 1. The number of fused-ring (bicyclic) bond motifs is 3. The predicted molar refractivity (Wildman–Crippen MR) is 136 cm³/mol. The van der Waals surface area contributed by atoms with E-state index in [0.717, 1.165) is 25.8 Å². The average molecular weight is 571 g/mol. The summed E-state index contributed by atoms with van der Waals surface area (Å²) in [4.78, 5) is 27.9. The van der Waals surface area contributed by atoms with Gasteiger partial charge in [0.15, 0.2) is 5.82 Å². The molecule has 11 heteroatoms. The van der Waals surface area contributed by atoms with Crippen LogP contribution in [0.1, 0.15) is 40.0 Å². The summed E-state index contributed by atoms with van der Waals surface area (Å²) >= 11 is 9.53. The molecule has 0 radical (unpaired) electrons. The zero-order chi connectivity index (χ0) is 25.1. The number of hydrogen-bond donors (Lipinski definition) is 0. The summed E-state index contributed by atoms with van der Waals surface area (Å²) in [5, 5.41) is 0.768. The number of rotatable bonds is 4. The van der Waals surface area contributed by atoms with E-state index in [1.807, 2.05) is 25.7 Å². The number of halogens is 3. The molecule has 2 unspecified atom stereocenters. The summed E-state index contributed by atoms with van der Waals surface area (Å²) < 4.78 is 27.0. The summed E-state index contributed by atoms with van der Waals surface area (Å²) in [6.07, 6.45) is 2.77. The van der Waals surface area contributed by atoms with Gasteiger partial charge < -0.3 is 19.3 Å². The number of likely N-dealkylation sites (N-methyl/N-ethyl adjacent to an activating group) is 1. The Bertz CT molecular complexity index is 1150. The van der Waals surface area contributed by atoms with E-state index in [9.17, 15) is 4.79 Å². The highest BCUT2D eigenvalue weighted by atomic mass is 79.9. The number of likely N-dealkylation sites (tertiary alicyclic amines) is 1. The summed E-state index contributed by atoms with van der Waals surface area (Å²) in [5.41, 5.74) is -0.394. The Morgan fingerprint density at radius 2 is 2.00 bits per heavy atom. The molecule has 2 bridgehead atoms. The van der Waals surface area contributed by atoms with Gasteiger partial charge in [-0.3, -0.25) is 4.90 Å². The molecule has 8 nitrogen and oxygen atoms in total. The van der Waals surface area contributed by atoms with E-state index in [1.54, 1.807) is 6.07 Å². The first-order chi connectivity index (χ1) is 16.5. The molecule has 4 aliphatic rings. The fourth-order valence-electron chi connectivity index (χ4n) is 5.20. The molecule has 1 amide bonds. The molecule has 4 fully saturated rings. The van der Waals surface area contributed by atoms with Gasteiger partial charge in [0, 0.05) is 24.5 Å². The van der Waals surface area contributed by atoms with Crippen LogP contribution in [-0.4, -0.2) is 82.9 Å². The van der Waals surface area contributed by atoms with E-state index in [4.69, 9.17) is 26.1 Å². The predicted octanol–water partition coefficient (Wildman–Crippen LogP) is 4.86. The SMILES string of the molecule is CN1CCC[C@H]1COc1nc(N2CC3CC(C2)N3C(=O)OC(C)(C)C)c2cc(Cl)c(Br)c(F)c2n1. The molecule has 190 valence electrons. The highest BCUT2D eigenvalue weighted by molar-refractivity contribution is 9.10. The first-order valence-electron chi connectivity index (χ1n) is 12.0. The number of amides is 1. The smallest absolute Gasteiger partial charge is 0.410 e. The molecule has 3 atom stereocenters. The van der Waals surface area contributed by atoms with Crippen LogP contribution in [0, 0.1) is 5.82 Å². The minimum absolute atomic E-state index is 0.000823. The van der Waals surface area contributed by atoms with Gasteiger partial charge in [0.1, 0.15) is 23.5 Å². The molecule has 0 spiro atoms. The van der Waals surface area contributed by atoms with Crippen LogP contribution in [0.3, 0.4) is 0 Å². The lowest BCUT2D eigenvalue weighted by molar-refractivity contribution is -0.0380. The number of piperidine rings is 1. The van der Waals surface area contributed by atoms with Crippen LogP contribution in [0.5, 0.6) is 6.01 Å². The van der Waals surface area contributed by atoms with Crippen molar-refractivity contribution in [3.05, 3.63) is 21.4 Å². The number of ether oxygens (including phenoxy) is 2.